The number of sulfone groups is 1. The number of aryl methyl sites for hydroxylation is 2. The Morgan fingerprint density at radius 3 is 2.45 bits per heavy atom. The van der Waals surface area contributed by atoms with Crippen LogP contribution < -0.4 is 4.74 Å². The average Bonchev–Trinajstić information content (AvgIpc) is 2.67. The Labute approximate surface area is 185 Å². The SMILES string of the molecule is CC(=O)c1ccc(C)cc1OC(=O)c1nc(S(=O)(=O)Cc2cccc(C)c2)ncc1Cl. The lowest BCUT2D eigenvalue weighted by Crippen LogP contribution is -2.17. The summed E-state index contributed by atoms with van der Waals surface area (Å²) in [4.78, 5) is 32.2. The largest absolute Gasteiger partial charge is 0.421 e. The van der Waals surface area contributed by atoms with E-state index in [2.05, 4.69) is 9.97 Å². The van der Waals surface area contributed by atoms with E-state index in [1.807, 2.05) is 13.0 Å². The first-order valence-electron chi connectivity index (χ1n) is 9.21. The van der Waals surface area contributed by atoms with Gasteiger partial charge in [-0.2, -0.15) is 0 Å². The van der Waals surface area contributed by atoms with Crippen LogP contribution in [0.3, 0.4) is 0 Å². The minimum absolute atomic E-state index is 0.0383. The fourth-order valence-electron chi connectivity index (χ4n) is 2.88. The van der Waals surface area contributed by atoms with Crippen LogP contribution in [0.25, 0.3) is 0 Å². The summed E-state index contributed by atoms with van der Waals surface area (Å²) in [5.74, 6) is -1.58. The van der Waals surface area contributed by atoms with Crippen LogP contribution in [0.2, 0.25) is 5.02 Å². The van der Waals surface area contributed by atoms with Crippen molar-refractivity contribution in [3.8, 4) is 5.75 Å². The lowest BCUT2D eigenvalue weighted by Gasteiger charge is -2.10. The van der Waals surface area contributed by atoms with Crippen LogP contribution >= 0.6 is 11.6 Å². The Kier molecular flexibility index (Phi) is 6.52. The first-order valence-corrected chi connectivity index (χ1v) is 11.2. The third-order valence-corrected chi connectivity index (χ3v) is 6.09. The second-order valence-corrected chi connectivity index (χ2v) is 9.33. The highest BCUT2D eigenvalue weighted by molar-refractivity contribution is 7.90. The number of hydrogen-bond acceptors (Lipinski definition) is 7. The van der Waals surface area contributed by atoms with Crippen molar-refractivity contribution in [1.29, 1.82) is 0 Å². The summed E-state index contributed by atoms with van der Waals surface area (Å²) in [7, 11) is -3.95. The van der Waals surface area contributed by atoms with Crippen LogP contribution in [0.4, 0.5) is 0 Å². The summed E-state index contributed by atoms with van der Waals surface area (Å²) >= 11 is 6.03. The molecule has 3 aromatic rings. The predicted molar refractivity (Wildman–Crippen MR) is 115 cm³/mol. The molecule has 0 spiro atoms. The maximum absolute atomic E-state index is 12.8. The number of carbonyl (C=O) groups is 2. The average molecular weight is 459 g/mol. The van der Waals surface area contributed by atoms with Gasteiger partial charge in [0.25, 0.3) is 0 Å². The van der Waals surface area contributed by atoms with Gasteiger partial charge in [-0.3, -0.25) is 4.79 Å². The molecule has 0 unspecified atom stereocenters. The van der Waals surface area contributed by atoms with Crippen LogP contribution in [-0.4, -0.2) is 30.1 Å². The summed E-state index contributed by atoms with van der Waals surface area (Å²) in [6, 6.07) is 11.8. The van der Waals surface area contributed by atoms with Crippen LogP contribution in [0.15, 0.2) is 53.8 Å². The molecule has 0 aliphatic heterocycles. The molecule has 0 atom stereocenters. The van der Waals surface area contributed by atoms with Crippen molar-refractivity contribution in [2.45, 2.75) is 31.7 Å². The molecule has 0 fully saturated rings. The molecule has 1 heterocycles. The zero-order valence-electron chi connectivity index (χ0n) is 17.0. The minimum atomic E-state index is -3.95. The highest BCUT2D eigenvalue weighted by atomic mass is 35.5. The maximum atomic E-state index is 12.8. The summed E-state index contributed by atoms with van der Waals surface area (Å²) in [5, 5.41) is -0.710. The monoisotopic (exact) mass is 458 g/mol. The van der Waals surface area contributed by atoms with Crippen molar-refractivity contribution in [2.24, 2.45) is 0 Å². The number of ether oxygens (including phenoxy) is 1. The van der Waals surface area contributed by atoms with Gasteiger partial charge < -0.3 is 4.74 Å². The molecule has 9 heteroatoms. The first kappa shape index (κ1) is 22.6. The minimum Gasteiger partial charge on any atom is -0.421 e. The molecule has 0 saturated heterocycles. The van der Waals surface area contributed by atoms with Crippen LogP contribution in [0, 0.1) is 13.8 Å². The van der Waals surface area contributed by atoms with Gasteiger partial charge in [-0.15, -0.1) is 0 Å². The van der Waals surface area contributed by atoms with Gasteiger partial charge in [-0.1, -0.05) is 47.5 Å². The zero-order valence-corrected chi connectivity index (χ0v) is 18.6. The fraction of sp³-hybridized carbons (Fsp3) is 0.182. The number of ketones is 1. The van der Waals surface area contributed by atoms with Crippen LogP contribution in [0.5, 0.6) is 5.75 Å². The van der Waals surface area contributed by atoms with E-state index in [9.17, 15) is 18.0 Å². The summed E-state index contributed by atoms with van der Waals surface area (Å²) in [5.41, 5.74) is 2.04. The quantitative estimate of drug-likeness (QED) is 0.236. The fourth-order valence-corrected chi connectivity index (χ4v) is 4.24. The Balaban J connectivity index is 1.93. The van der Waals surface area contributed by atoms with Crippen molar-refractivity contribution in [3.05, 3.63) is 81.6 Å². The first-order chi connectivity index (χ1) is 14.6. The Hall–Kier alpha value is -3.10. The van der Waals surface area contributed by atoms with E-state index in [0.717, 1.165) is 17.3 Å². The second-order valence-electron chi connectivity index (χ2n) is 7.04. The van der Waals surface area contributed by atoms with Gasteiger partial charge >= 0.3 is 5.97 Å². The van der Waals surface area contributed by atoms with E-state index >= 15 is 0 Å². The highest BCUT2D eigenvalue weighted by Gasteiger charge is 2.25. The van der Waals surface area contributed by atoms with E-state index in [-0.39, 0.29) is 27.9 Å². The normalized spacial score (nSPS) is 11.2. The van der Waals surface area contributed by atoms with Gasteiger partial charge in [-0.05, 0) is 44.0 Å². The summed E-state index contributed by atoms with van der Waals surface area (Å²) in [6.45, 7) is 4.97. The number of benzene rings is 2. The molecule has 3 rings (SSSR count). The lowest BCUT2D eigenvalue weighted by atomic mass is 10.1. The van der Waals surface area contributed by atoms with Gasteiger partial charge in [0.05, 0.1) is 22.5 Å². The van der Waals surface area contributed by atoms with Gasteiger partial charge in [0.15, 0.2) is 11.5 Å². The third kappa shape index (κ3) is 5.34. The lowest BCUT2D eigenvalue weighted by molar-refractivity contribution is 0.0725. The van der Waals surface area contributed by atoms with Gasteiger partial charge in [0.1, 0.15) is 5.75 Å². The highest BCUT2D eigenvalue weighted by Crippen LogP contribution is 2.24. The van der Waals surface area contributed by atoms with Crippen molar-refractivity contribution in [3.63, 3.8) is 0 Å². The van der Waals surface area contributed by atoms with Gasteiger partial charge in [-0.25, -0.2) is 23.2 Å². The predicted octanol–water partition coefficient (Wildman–Crippen LogP) is 4.14. The Morgan fingerprint density at radius 1 is 1.06 bits per heavy atom. The number of carbonyl (C=O) groups excluding carboxylic acids is 2. The van der Waals surface area contributed by atoms with E-state index < -0.39 is 26.7 Å². The molecule has 31 heavy (non-hydrogen) atoms. The molecule has 0 saturated carbocycles. The number of hydrogen-bond donors (Lipinski definition) is 0. The van der Waals surface area contributed by atoms with Gasteiger partial charge in [0.2, 0.25) is 15.0 Å². The molecule has 0 aliphatic carbocycles. The van der Waals surface area contributed by atoms with Crippen molar-refractivity contribution in [2.75, 3.05) is 0 Å². The smallest absolute Gasteiger partial charge is 0.364 e. The molecule has 0 aliphatic rings. The molecule has 7 nitrogen and oxygen atoms in total. The van der Waals surface area contributed by atoms with Crippen LogP contribution in [0.1, 0.15) is 44.5 Å². The van der Waals surface area contributed by atoms with Crippen molar-refractivity contribution in [1.82, 2.24) is 9.97 Å². The molecule has 0 N–H and O–H groups in total. The van der Waals surface area contributed by atoms with E-state index in [1.54, 1.807) is 37.3 Å². The molecular formula is C22H19ClN2O5S. The number of esters is 1. The number of rotatable bonds is 6. The molecule has 160 valence electrons. The number of Topliss-reactive ketones (excluding diaryl/α,β-unsaturated/α-hetero) is 1. The summed E-state index contributed by atoms with van der Waals surface area (Å²) in [6.07, 6.45) is 1.04. The Bertz CT molecular complexity index is 1290. The molecule has 1 aromatic heterocycles. The summed E-state index contributed by atoms with van der Waals surface area (Å²) < 4.78 is 30.9. The Morgan fingerprint density at radius 2 is 1.77 bits per heavy atom. The number of nitrogens with zero attached hydrogens (tertiary/aromatic N) is 2. The van der Waals surface area contributed by atoms with E-state index in [1.165, 1.54) is 13.0 Å². The zero-order chi connectivity index (χ0) is 22.8. The van der Waals surface area contributed by atoms with Gasteiger partial charge in [0, 0.05) is 0 Å². The molecule has 2 aromatic carbocycles. The standard InChI is InChI=1S/C22H19ClN2O5S/c1-13-5-4-6-16(9-13)12-31(28,29)22-24-11-18(23)20(25-22)21(27)30-19-10-14(2)7-8-17(19)15(3)26/h4-11H,12H2,1-3H3. The van der Waals surface area contributed by atoms with E-state index in [0.29, 0.717) is 5.56 Å². The number of aromatic nitrogens is 2. The van der Waals surface area contributed by atoms with Crippen molar-refractivity contribution < 1.29 is 22.7 Å². The van der Waals surface area contributed by atoms with Crippen LogP contribution in [-0.2, 0) is 15.6 Å². The molecular weight excluding hydrogens is 440 g/mol. The number of halogens is 1. The third-order valence-electron chi connectivity index (χ3n) is 4.35. The van der Waals surface area contributed by atoms with Crippen molar-refractivity contribution >= 4 is 33.2 Å². The second kappa shape index (κ2) is 8.95. The van der Waals surface area contributed by atoms with E-state index in [4.69, 9.17) is 16.3 Å². The molecule has 0 amide bonds. The topological polar surface area (TPSA) is 103 Å². The molecule has 0 radical (unpaired) electrons. The maximum Gasteiger partial charge on any atom is 0.364 e. The molecule has 0 bridgehead atoms.